The fraction of sp³-hybridized carbons (Fsp3) is 0.200. The van der Waals surface area contributed by atoms with Crippen molar-refractivity contribution in [1.82, 2.24) is 0 Å². The Morgan fingerprint density at radius 3 is 2.59 bits per heavy atom. The third-order valence-corrected chi connectivity index (χ3v) is 3.40. The van der Waals surface area contributed by atoms with E-state index < -0.39 is 6.10 Å². The molecule has 1 nitrogen and oxygen atoms in total. The molecule has 0 aromatic heterocycles. The van der Waals surface area contributed by atoms with Gasteiger partial charge >= 0.3 is 0 Å². The Hall–Kier alpha value is -1.67. The van der Waals surface area contributed by atoms with Crippen molar-refractivity contribution >= 4 is 0 Å². The Morgan fingerprint density at radius 1 is 1.00 bits per heavy atom. The smallest absolute Gasteiger partial charge is 0.131 e. The van der Waals surface area contributed by atoms with Crippen LogP contribution in [-0.4, -0.2) is 5.11 Å². The molecule has 86 valence electrons. The molecule has 2 heteroatoms. The van der Waals surface area contributed by atoms with E-state index >= 15 is 0 Å². The van der Waals surface area contributed by atoms with E-state index in [1.807, 2.05) is 24.3 Å². The Kier molecular flexibility index (Phi) is 2.45. The van der Waals surface area contributed by atoms with Crippen molar-refractivity contribution in [2.75, 3.05) is 0 Å². The first-order valence-corrected chi connectivity index (χ1v) is 5.82. The van der Waals surface area contributed by atoms with Crippen molar-refractivity contribution < 1.29 is 9.50 Å². The highest BCUT2D eigenvalue weighted by molar-refractivity contribution is 5.70. The first-order chi connectivity index (χ1) is 8.27. The lowest BCUT2D eigenvalue weighted by Gasteiger charge is -2.10. The molecule has 2 aromatic carbocycles. The van der Waals surface area contributed by atoms with Crippen LogP contribution in [0.4, 0.5) is 4.39 Å². The van der Waals surface area contributed by atoms with Gasteiger partial charge in [-0.05, 0) is 35.6 Å². The minimum atomic E-state index is -0.392. The largest absolute Gasteiger partial charge is 0.388 e. The molecule has 1 aliphatic rings. The van der Waals surface area contributed by atoms with Crippen molar-refractivity contribution in [3.8, 4) is 11.1 Å². The molecule has 0 radical (unpaired) electrons. The van der Waals surface area contributed by atoms with Crippen LogP contribution in [0.2, 0.25) is 0 Å². The predicted octanol–water partition coefficient (Wildman–Crippen LogP) is 3.47. The summed E-state index contributed by atoms with van der Waals surface area (Å²) < 4.78 is 13.8. The molecule has 2 aromatic rings. The second-order valence-electron chi connectivity index (χ2n) is 4.41. The predicted molar refractivity (Wildman–Crippen MR) is 65.1 cm³/mol. The van der Waals surface area contributed by atoms with E-state index in [1.54, 1.807) is 12.1 Å². The number of aliphatic hydroxyl groups excluding tert-OH is 1. The standard InChI is InChI=1S/C15H13FO/c16-14-7-2-1-4-12(14)10-5-3-6-13-11(10)8-9-15(13)17/h1-7,15,17H,8-9H2. The Morgan fingerprint density at radius 2 is 1.76 bits per heavy atom. The van der Waals surface area contributed by atoms with Crippen LogP contribution < -0.4 is 0 Å². The number of hydrogen-bond donors (Lipinski definition) is 1. The molecule has 3 rings (SSSR count). The number of rotatable bonds is 1. The molecule has 1 atom stereocenters. The van der Waals surface area contributed by atoms with E-state index in [0.717, 1.165) is 29.5 Å². The summed E-state index contributed by atoms with van der Waals surface area (Å²) in [5, 5.41) is 9.83. The molecule has 0 saturated heterocycles. The van der Waals surface area contributed by atoms with Gasteiger partial charge in [-0.1, -0.05) is 36.4 Å². The van der Waals surface area contributed by atoms with Crippen LogP contribution in [0.3, 0.4) is 0 Å². The molecule has 0 heterocycles. The lowest BCUT2D eigenvalue weighted by atomic mass is 9.96. The van der Waals surface area contributed by atoms with Crippen LogP contribution >= 0.6 is 0 Å². The van der Waals surface area contributed by atoms with E-state index in [4.69, 9.17) is 0 Å². The first-order valence-electron chi connectivity index (χ1n) is 5.82. The number of hydrogen-bond acceptors (Lipinski definition) is 1. The molecule has 1 aliphatic carbocycles. The van der Waals surface area contributed by atoms with Gasteiger partial charge in [0.1, 0.15) is 5.82 Å². The van der Waals surface area contributed by atoms with Crippen LogP contribution in [0.25, 0.3) is 11.1 Å². The van der Waals surface area contributed by atoms with Crippen LogP contribution in [-0.2, 0) is 6.42 Å². The summed E-state index contributed by atoms with van der Waals surface area (Å²) >= 11 is 0. The summed E-state index contributed by atoms with van der Waals surface area (Å²) in [6.45, 7) is 0. The summed E-state index contributed by atoms with van der Waals surface area (Å²) in [6.07, 6.45) is 1.17. The van der Waals surface area contributed by atoms with Gasteiger partial charge in [-0.3, -0.25) is 0 Å². The van der Waals surface area contributed by atoms with Gasteiger partial charge in [0, 0.05) is 5.56 Å². The Balaban J connectivity index is 2.20. The van der Waals surface area contributed by atoms with Gasteiger partial charge < -0.3 is 5.11 Å². The van der Waals surface area contributed by atoms with Gasteiger partial charge in [-0.15, -0.1) is 0 Å². The van der Waals surface area contributed by atoms with Crippen molar-refractivity contribution in [2.45, 2.75) is 18.9 Å². The highest BCUT2D eigenvalue weighted by Gasteiger charge is 2.23. The van der Waals surface area contributed by atoms with Crippen LogP contribution in [0.1, 0.15) is 23.7 Å². The zero-order valence-corrected chi connectivity index (χ0v) is 9.36. The molecular weight excluding hydrogens is 215 g/mol. The van der Waals surface area contributed by atoms with Crippen molar-refractivity contribution in [1.29, 1.82) is 0 Å². The normalized spacial score (nSPS) is 18.1. The lowest BCUT2D eigenvalue weighted by molar-refractivity contribution is 0.180. The second-order valence-corrected chi connectivity index (χ2v) is 4.41. The van der Waals surface area contributed by atoms with Crippen LogP contribution in [0, 0.1) is 5.82 Å². The average Bonchev–Trinajstić information content (AvgIpc) is 2.72. The molecular formula is C15H13FO. The summed E-state index contributed by atoms with van der Waals surface area (Å²) in [5.41, 5.74) is 3.58. The molecule has 0 saturated carbocycles. The number of aliphatic hydroxyl groups is 1. The zero-order valence-electron chi connectivity index (χ0n) is 9.36. The monoisotopic (exact) mass is 228 g/mol. The molecule has 0 spiro atoms. The quantitative estimate of drug-likeness (QED) is 0.792. The summed E-state index contributed by atoms with van der Waals surface area (Å²) in [5.74, 6) is -0.206. The highest BCUT2D eigenvalue weighted by atomic mass is 19.1. The van der Waals surface area contributed by atoms with E-state index in [9.17, 15) is 9.50 Å². The maximum absolute atomic E-state index is 13.8. The minimum Gasteiger partial charge on any atom is -0.388 e. The van der Waals surface area contributed by atoms with Crippen molar-refractivity contribution in [2.24, 2.45) is 0 Å². The van der Waals surface area contributed by atoms with Crippen molar-refractivity contribution in [3.63, 3.8) is 0 Å². The number of benzene rings is 2. The Labute approximate surface area is 99.5 Å². The molecule has 0 bridgehead atoms. The average molecular weight is 228 g/mol. The summed E-state index contributed by atoms with van der Waals surface area (Å²) in [4.78, 5) is 0. The SMILES string of the molecule is OC1CCc2c(-c3ccccc3F)cccc21. The number of halogens is 1. The molecule has 0 aliphatic heterocycles. The van der Waals surface area contributed by atoms with Gasteiger partial charge in [0.05, 0.1) is 6.10 Å². The van der Waals surface area contributed by atoms with Gasteiger partial charge in [-0.2, -0.15) is 0 Å². The topological polar surface area (TPSA) is 20.2 Å². The third kappa shape index (κ3) is 1.65. The Bertz CT molecular complexity index is 563. The molecule has 1 N–H and O–H groups in total. The highest BCUT2D eigenvalue weighted by Crippen LogP contribution is 2.38. The van der Waals surface area contributed by atoms with Crippen LogP contribution in [0.15, 0.2) is 42.5 Å². The van der Waals surface area contributed by atoms with E-state index in [1.165, 1.54) is 6.07 Å². The maximum Gasteiger partial charge on any atom is 0.131 e. The fourth-order valence-electron chi connectivity index (χ4n) is 2.56. The van der Waals surface area contributed by atoms with Crippen LogP contribution in [0.5, 0.6) is 0 Å². The molecule has 17 heavy (non-hydrogen) atoms. The van der Waals surface area contributed by atoms with E-state index in [0.29, 0.717) is 5.56 Å². The summed E-state index contributed by atoms with van der Waals surface area (Å²) in [6, 6.07) is 12.5. The molecule has 0 fully saturated rings. The minimum absolute atomic E-state index is 0.206. The first kappa shape index (κ1) is 10.5. The van der Waals surface area contributed by atoms with E-state index in [2.05, 4.69) is 0 Å². The molecule has 0 amide bonds. The van der Waals surface area contributed by atoms with Gasteiger partial charge in [0.15, 0.2) is 0 Å². The van der Waals surface area contributed by atoms with Gasteiger partial charge in [0.2, 0.25) is 0 Å². The van der Waals surface area contributed by atoms with Crippen molar-refractivity contribution in [3.05, 3.63) is 59.4 Å². The number of fused-ring (bicyclic) bond motifs is 1. The summed E-state index contributed by atoms with van der Waals surface area (Å²) in [7, 11) is 0. The fourth-order valence-corrected chi connectivity index (χ4v) is 2.56. The van der Waals surface area contributed by atoms with E-state index in [-0.39, 0.29) is 5.82 Å². The maximum atomic E-state index is 13.8. The third-order valence-electron chi connectivity index (χ3n) is 3.40. The van der Waals surface area contributed by atoms with Gasteiger partial charge in [0.25, 0.3) is 0 Å². The molecule has 1 unspecified atom stereocenters. The second kappa shape index (κ2) is 3.97. The lowest BCUT2D eigenvalue weighted by Crippen LogP contribution is -1.93. The van der Waals surface area contributed by atoms with Gasteiger partial charge in [-0.25, -0.2) is 4.39 Å². The zero-order chi connectivity index (χ0) is 11.8.